The lowest BCUT2D eigenvalue weighted by Gasteiger charge is -2.29. The Balaban J connectivity index is 0.00000420. The van der Waals surface area contributed by atoms with Crippen molar-refractivity contribution in [2.45, 2.75) is 44.4 Å². The molecule has 1 fully saturated rings. The van der Waals surface area contributed by atoms with Crippen LogP contribution in [0.3, 0.4) is 0 Å². The van der Waals surface area contributed by atoms with Crippen LogP contribution in [0, 0.1) is 0 Å². The van der Waals surface area contributed by atoms with Gasteiger partial charge in [0.25, 0.3) is 0 Å². The molecular formula is C18H32F3IN6O. The number of aliphatic imine (C=N–C) groups is 1. The van der Waals surface area contributed by atoms with E-state index >= 15 is 0 Å². The molecule has 29 heavy (non-hydrogen) atoms. The van der Waals surface area contributed by atoms with Gasteiger partial charge in [0.05, 0.1) is 0 Å². The molecule has 2 heterocycles. The van der Waals surface area contributed by atoms with Crippen molar-refractivity contribution in [3.63, 3.8) is 0 Å². The normalized spacial score (nSPS) is 18.1. The van der Waals surface area contributed by atoms with E-state index in [4.69, 9.17) is 0 Å². The van der Waals surface area contributed by atoms with Gasteiger partial charge >= 0.3 is 6.18 Å². The summed E-state index contributed by atoms with van der Waals surface area (Å²) in [5.41, 5.74) is -3.04. The maximum Gasteiger partial charge on any atom is 0.424 e. The van der Waals surface area contributed by atoms with E-state index < -0.39 is 24.0 Å². The Morgan fingerprint density at radius 1 is 1.24 bits per heavy atom. The summed E-state index contributed by atoms with van der Waals surface area (Å²) in [5, 5.41) is 16.5. The quantitative estimate of drug-likeness (QED) is 0.272. The van der Waals surface area contributed by atoms with Gasteiger partial charge in [-0.2, -0.15) is 13.2 Å². The number of likely N-dealkylation sites (tertiary alicyclic amines) is 1. The number of piperidine rings is 1. The number of aromatic nitrogens is 2. The average molecular weight is 532 g/mol. The summed E-state index contributed by atoms with van der Waals surface area (Å²) in [4.78, 5) is 10.3. The minimum Gasteiger partial charge on any atom is -0.374 e. The zero-order valence-electron chi connectivity index (χ0n) is 17.0. The van der Waals surface area contributed by atoms with Gasteiger partial charge < -0.3 is 25.2 Å². The summed E-state index contributed by atoms with van der Waals surface area (Å²) in [6.07, 6.45) is 0.843. The van der Waals surface area contributed by atoms with Gasteiger partial charge in [0.2, 0.25) is 5.60 Å². The molecule has 1 unspecified atom stereocenters. The van der Waals surface area contributed by atoms with Gasteiger partial charge in [-0.15, -0.1) is 24.0 Å². The monoisotopic (exact) mass is 532 g/mol. The van der Waals surface area contributed by atoms with Gasteiger partial charge in [0.1, 0.15) is 5.82 Å². The maximum absolute atomic E-state index is 13.5. The topological polar surface area (TPSA) is 77.7 Å². The Bertz CT molecular complexity index is 633. The third kappa shape index (κ3) is 7.28. The molecule has 11 heteroatoms. The number of guanidine groups is 1. The zero-order valence-corrected chi connectivity index (χ0v) is 19.3. The lowest BCUT2D eigenvalue weighted by atomic mass is 9.98. The molecule has 0 aliphatic carbocycles. The zero-order chi connectivity index (χ0) is 20.6. The van der Waals surface area contributed by atoms with E-state index in [0.717, 1.165) is 19.6 Å². The summed E-state index contributed by atoms with van der Waals surface area (Å²) in [6.45, 7) is 5.98. The van der Waals surface area contributed by atoms with Crippen molar-refractivity contribution in [3.05, 3.63) is 18.2 Å². The number of hydrogen-bond acceptors (Lipinski definition) is 4. The summed E-state index contributed by atoms with van der Waals surface area (Å²) in [5.74, 6) is 0.0159. The van der Waals surface area contributed by atoms with E-state index in [0.29, 0.717) is 19.0 Å². The summed E-state index contributed by atoms with van der Waals surface area (Å²) in [7, 11) is 1.43. The number of alkyl halides is 3. The number of aliphatic hydroxyl groups is 1. The SMILES string of the molecule is CCNC(=NCCC(O)(c1nccn1C)C(F)(F)F)NCCN1CCCCC1.I. The first-order chi connectivity index (χ1) is 13.3. The highest BCUT2D eigenvalue weighted by molar-refractivity contribution is 14.0. The molecule has 3 N–H and O–H groups in total. The number of hydrogen-bond donors (Lipinski definition) is 3. The Kier molecular flexibility index (Phi) is 10.7. The molecular weight excluding hydrogens is 500 g/mol. The van der Waals surface area contributed by atoms with E-state index in [1.165, 1.54) is 43.3 Å². The minimum atomic E-state index is -4.85. The van der Waals surface area contributed by atoms with Crippen LogP contribution in [0.1, 0.15) is 38.4 Å². The molecule has 1 saturated heterocycles. The highest BCUT2D eigenvalue weighted by Crippen LogP contribution is 2.40. The van der Waals surface area contributed by atoms with Gasteiger partial charge in [-0.1, -0.05) is 6.42 Å². The molecule has 0 radical (unpaired) electrons. The van der Waals surface area contributed by atoms with E-state index in [1.54, 1.807) is 0 Å². The van der Waals surface area contributed by atoms with Gasteiger partial charge in [-0.05, 0) is 32.9 Å². The largest absolute Gasteiger partial charge is 0.424 e. The second kappa shape index (κ2) is 11.9. The standard InChI is InChI=1S/C18H31F3N6O.HI/c1-3-22-16(25-10-14-27-11-5-4-6-12-27)24-8-7-17(28,18(19,20)21)15-23-9-13-26(15)2;/h9,13,28H,3-8,10-12,14H2,1-2H3,(H2,22,24,25);1H. The predicted molar refractivity (Wildman–Crippen MR) is 117 cm³/mol. The van der Waals surface area contributed by atoms with Crippen LogP contribution in [0.15, 0.2) is 17.4 Å². The smallest absolute Gasteiger partial charge is 0.374 e. The van der Waals surface area contributed by atoms with Gasteiger partial charge in [-0.25, -0.2) is 4.98 Å². The van der Waals surface area contributed by atoms with Gasteiger partial charge in [0, 0.05) is 52.0 Å². The molecule has 1 aromatic heterocycles. The van der Waals surface area contributed by atoms with E-state index in [9.17, 15) is 18.3 Å². The van der Waals surface area contributed by atoms with Crippen LogP contribution >= 0.6 is 24.0 Å². The average Bonchev–Trinajstić information content (AvgIpc) is 3.08. The van der Waals surface area contributed by atoms with Crippen molar-refractivity contribution in [1.82, 2.24) is 25.1 Å². The molecule has 1 aliphatic rings. The van der Waals surface area contributed by atoms with Crippen molar-refractivity contribution in [3.8, 4) is 0 Å². The third-order valence-corrected chi connectivity index (χ3v) is 4.92. The molecule has 168 valence electrons. The fraction of sp³-hybridized carbons (Fsp3) is 0.778. The Morgan fingerprint density at radius 2 is 1.93 bits per heavy atom. The van der Waals surface area contributed by atoms with Crippen molar-refractivity contribution in [1.29, 1.82) is 0 Å². The molecule has 0 spiro atoms. The van der Waals surface area contributed by atoms with E-state index in [1.807, 2.05) is 6.92 Å². The van der Waals surface area contributed by atoms with Crippen LogP contribution in [0.2, 0.25) is 0 Å². The first-order valence-corrected chi connectivity index (χ1v) is 9.79. The first-order valence-electron chi connectivity index (χ1n) is 9.79. The molecule has 1 atom stereocenters. The van der Waals surface area contributed by atoms with Crippen LogP contribution < -0.4 is 10.6 Å². The first kappa shape index (κ1) is 26.0. The molecule has 2 rings (SSSR count). The fourth-order valence-electron chi connectivity index (χ4n) is 3.33. The Hall–Kier alpha value is -1.08. The fourth-order valence-corrected chi connectivity index (χ4v) is 3.33. The number of nitrogens with zero attached hydrogens (tertiary/aromatic N) is 4. The second-order valence-corrected chi connectivity index (χ2v) is 7.06. The summed E-state index contributed by atoms with van der Waals surface area (Å²) in [6, 6.07) is 0. The van der Waals surface area contributed by atoms with Gasteiger partial charge in [0.15, 0.2) is 5.96 Å². The van der Waals surface area contributed by atoms with Crippen molar-refractivity contribution in [2.75, 3.05) is 39.3 Å². The van der Waals surface area contributed by atoms with Crippen LogP contribution in [0.4, 0.5) is 13.2 Å². The third-order valence-electron chi connectivity index (χ3n) is 4.92. The number of aryl methyl sites for hydroxylation is 1. The van der Waals surface area contributed by atoms with Crippen molar-refractivity contribution >= 4 is 29.9 Å². The molecule has 0 amide bonds. The Morgan fingerprint density at radius 3 is 2.48 bits per heavy atom. The van der Waals surface area contributed by atoms with E-state index in [2.05, 4.69) is 25.5 Å². The highest BCUT2D eigenvalue weighted by Gasteiger charge is 2.57. The predicted octanol–water partition coefficient (Wildman–Crippen LogP) is 2.22. The molecule has 0 aromatic carbocycles. The molecule has 7 nitrogen and oxygen atoms in total. The van der Waals surface area contributed by atoms with Crippen molar-refractivity contribution < 1.29 is 18.3 Å². The summed E-state index contributed by atoms with van der Waals surface area (Å²) >= 11 is 0. The van der Waals surface area contributed by atoms with Crippen LogP contribution in [0.25, 0.3) is 0 Å². The number of nitrogens with one attached hydrogen (secondary N) is 2. The maximum atomic E-state index is 13.5. The molecule has 0 bridgehead atoms. The number of rotatable bonds is 8. The highest BCUT2D eigenvalue weighted by atomic mass is 127. The molecule has 1 aliphatic heterocycles. The lowest BCUT2D eigenvalue weighted by Crippen LogP contribution is -2.45. The van der Waals surface area contributed by atoms with Crippen LogP contribution in [0.5, 0.6) is 0 Å². The number of halogens is 4. The second-order valence-electron chi connectivity index (χ2n) is 7.06. The van der Waals surface area contributed by atoms with Crippen molar-refractivity contribution in [2.24, 2.45) is 12.0 Å². The van der Waals surface area contributed by atoms with Crippen LogP contribution in [-0.2, 0) is 12.6 Å². The number of imidazole rings is 1. The van der Waals surface area contributed by atoms with E-state index in [-0.39, 0.29) is 30.5 Å². The van der Waals surface area contributed by atoms with Gasteiger partial charge in [-0.3, -0.25) is 4.99 Å². The van der Waals surface area contributed by atoms with Crippen LogP contribution in [-0.4, -0.2) is 71.0 Å². The summed E-state index contributed by atoms with van der Waals surface area (Å²) < 4.78 is 41.8. The molecule has 0 saturated carbocycles. The lowest BCUT2D eigenvalue weighted by molar-refractivity contribution is -0.272. The minimum absolute atomic E-state index is 0. The Labute approximate surface area is 187 Å². The molecule has 1 aromatic rings.